The highest BCUT2D eigenvalue weighted by atomic mass is 32.2. The normalized spacial score (nSPS) is 16.7. The molecule has 2 aliphatic rings. The van der Waals surface area contributed by atoms with E-state index in [0.717, 1.165) is 28.1 Å². The lowest BCUT2D eigenvalue weighted by atomic mass is 9.98. The fourth-order valence-corrected chi connectivity index (χ4v) is 5.58. The Morgan fingerprint density at radius 1 is 1.08 bits per heavy atom. The molecule has 37 heavy (non-hydrogen) atoms. The van der Waals surface area contributed by atoms with Crippen LogP contribution < -0.4 is 10.0 Å². The second-order valence-corrected chi connectivity index (χ2v) is 11.0. The third-order valence-electron chi connectivity index (χ3n) is 6.84. The molecule has 3 aromatic rings. The van der Waals surface area contributed by atoms with Crippen molar-refractivity contribution < 1.29 is 22.7 Å². The highest BCUT2D eigenvalue weighted by molar-refractivity contribution is 7.89. The Kier molecular flexibility index (Phi) is 6.49. The van der Waals surface area contributed by atoms with Crippen LogP contribution in [-0.2, 0) is 19.6 Å². The van der Waals surface area contributed by atoms with Crippen LogP contribution >= 0.6 is 0 Å². The van der Waals surface area contributed by atoms with Gasteiger partial charge in [-0.1, -0.05) is 12.1 Å². The Hall–Kier alpha value is -3.73. The minimum atomic E-state index is -3.65. The van der Waals surface area contributed by atoms with Crippen LogP contribution in [0.4, 0.5) is 5.69 Å². The first-order chi connectivity index (χ1) is 17.7. The number of sulfonamides is 1. The number of rotatable bonds is 5. The van der Waals surface area contributed by atoms with Crippen LogP contribution in [0.15, 0.2) is 47.4 Å². The van der Waals surface area contributed by atoms with Gasteiger partial charge in [-0.25, -0.2) is 13.1 Å². The molecule has 3 N–H and O–H groups in total. The van der Waals surface area contributed by atoms with E-state index >= 15 is 0 Å². The summed E-state index contributed by atoms with van der Waals surface area (Å²) in [5, 5.41) is 2.80. The standard InChI is InChI=1S/C27H28N4O5S/c1-16-24(15-22-21-14-20(37(34,35)28-3)8-9-23(21)30-26(22)32)29-17(2)25(16)18-4-6-19(7-5-18)27(33)31-10-12-36-13-11-31/h4-9,14-15,28-29H,10-13H2,1-3H3,(H,30,32). The number of ether oxygens (including phenoxy) is 1. The van der Waals surface area contributed by atoms with Crippen LogP contribution in [0.2, 0.25) is 0 Å². The van der Waals surface area contributed by atoms with Gasteiger partial charge in [0.15, 0.2) is 0 Å². The van der Waals surface area contributed by atoms with Gasteiger partial charge >= 0.3 is 0 Å². The summed E-state index contributed by atoms with van der Waals surface area (Å²) in [6, 6.07) is 12.1. The second-order valence-electron chi connectivity index (χ2n) is 9.07. The Morgan fingerprint density at radius 3 is 2.46 bits per heavy atom. The molecule has 3 heterocycles. The summed E-state index contributed by atoms with van der Waals surface area (Å²) in [6.45, 7) is 6.21. The molecule has 9 nitrogen and oxygen atoms in total. The zero-order valence-electron chi connectivity index (χ0n) is 20.8. The summed E-state index contributed by atoms with van der Waals surface area (Å²) >= 11 is 0. The van der Waals surface area contributed by atoms with Crippen LogP contribution in [0.3, 0.4) is 0 Å². The zero-order chi connectivity index (χ0) is 26.3. The number of nitrogens with zero attached hydrogens (tertiary/aromatic N) is 1. The Morgan fingerprint density at radius 2 is 1.78 bits per heavy atom. The maximum Gasteiger partial charge on any atom is 0.256 e. The van der Waals surface area contributed by atoms with Crippen molar-refractivity contribution in [1.29, 1.82) is 0 Å². The van der Waals surface area contributed by atoms with Crippen LogP contribution in [-0.4, -0.2) is 63.5 Å². The lowest BCUT2D eigenvalue weighted by Gasteiger charge is -2.26. The number of aromatic nitrogens is 1. The van der Waals surface area contributed by atoms with E-state index < -0.39 is 10.0 Å². The molecule has 0 aliphatic carbocycles. The number of hydrogen-bond acceptors (Lipinski definition) is 5. The summed E-state index contributed by atoms with van der Waals surface area (Å²) in [5.41, 5.74) is 6.65. The molecule has 0 spiro atoms. The van der Waals surface area contributed by atoms with E-state index in [-0.39, 0.29) is 16.7 Å². The number of carbonyl (C=O) groups excluding carboxylic acids is 2. The van der Waals surface area contributed by atoms with Crippen molar-refractivity contribution in [2.24, 2.45) is 0 Å². The highest BCUT2D eigenvalue weighted by Gasteiger charge is 2.27. The first-order valence-electron chi connectivity index (χ1n) is 12.0. The number of aromatic amines is 1. The third-order valence-corrected chi connectivity index (χ3v) is 8.25. The summed E-state index contributed by atoms with van der Waals surface area (Å²) in [5.74, 6) is -0.304. The predicted molar refractivity (Wildman–Crippen MR) is 142 cm³/mol. The molecule has 2 aromatic carbocycles. The molecule has 0 radical (unpaired) electrons. The quantitative estimate of drug-likeness (QED) is 0.447. The van der Waals surface area contributed by atoms with Crippen molar-refractivity contribution in [3.8, 4) is 11.1 Å². The SMILES string of the molecule is CNS(=O)(=O)c1ccc2c(c1)C(=Cc1[nH]c(C)c(-c3ccc(C(=O)N4CCOCC4)cc3)c1C)C(=O)N2. The number of morpholine rings is 1. The van der Waals surface area contributed by atoms with Gasteiger partial charge in [-0.05, 0) is 68.4 Å². The number of aryl methyl sites for hydroxylation is 1. The first kappa shape index (κ1) is 24.9. The van der Waals surface area contributed by atoms with Crippen molar-refractivity contribution in [2.45, 2.75) is 18.7 Å². The Bertz CT molecular complexity index is 1530. The van der Waals surface area contributed by atoms with E-state index in [1.807, 2.05) is 38.1 Å². The number of nitrogens with one attached hydrogen (secondary N) is 3. The molecule has 10 heteroatoms. The average molecular weight is 521 g/mol. The van der Waals surface area contributed by atoms with E-state index in [2.05, 4.69) is 15.0 Å². The van der Waals surface area contributed by atoms with E-state index in [4.69, 9.17) is 4.74 Å². The molecular formula is C27H28N4O5S. The molecule has 1 fully saturated rings. The van der Waals surface area contributed by atoms with Gasteiger partial charge in [0.05, 0.1) is 23.7 Å². The summed E-state index contributed by atoms with van der Waals surface area (Å²) in [6.07, 6.45) is 1.75. The van der Waals surface area contributed by atoms with Gasteiger partial charge < -0.3 is 19.9 Å². The van der Waals surface area contributed by atoms with Crippen molar-refractivity contribution in [1.82, 2.24) is 14.6 Å². The lowest BCUT2D eigenvalue weighted by Crippen LogP contribution is -2.40. The summed E-state index contributed by atoms with van der Waals surface area (Å²) < 4.78 is 32.2. The van der Waals surface area contributed by atoms with E-state index in [9.17, 15) is 18.0 Å². The Balaban J connectivity index is 1.47. The third kappa shape index (κ3) is 4.59. The van der Waals surface area contributed by atoms with Gasteiger partial charge in [-0.2, -0.15) is 0 Å². The van der Waals surface area contributed by atoms with Crippen molar-refractivity contribution in [2.75, 3.05) is 38.7 Å². The summed E-state index contributed by atoms with van der Waals surface area (Å²) in [7, 11) is -2.31. The fourth-order valence-electron chi connectivity index (χ4n) is 4.82. The van der Waals surface area contributed by atoms with Crippen molar-refractivity contribution in [3.05, 3.63) is 70.5 Å². The molecule has 0 unspecified atom stereocenters. The van der Waals surface area contributed by atoms with E-state index in [0.29, 0.717) is 48.7 Å². The molecule has 1 aromatic heterocycles. The second kappa shape index (κ2) is 9.62. The van der Waals surface area contributed by atoms with Crippen LogP contribution in [0.25, 0.3) is 22.8 Å². The zero-order valence-corrected chi connectivity index (χ0v) is 21.7. The fraction of sp³-hybridized carbons (Fsp3) is 0.259. The van der Waals surface area contributed by atoms with Gasteiger partial charge in [0.2, 0.25) is 10.0 Å². The molecule has 5 rings (SSSR count). The van der Waals surface area contributed by atoms with Crippen LogP contribution in [0.1, 0.15) is 32.9 Å². The number of amides is 2. The van der Waals surface area contributed by atoms with Gasteiger partial charge in [0, 0.05) is 46.9 Å². The number of benzene rings is 2. The number of hydrogen-bond donors (Lipinski definition) is 3. The highest BCUT2D eigenvalue weighted by Crippen LogP contribution is 2.37. The molecule has 0 atom stereocenters. The number of anilines is 1. The van der Waals surface area contributed by atoms with Gasteiger partial charge in [-0.15, -0.1) is 0 Å². The van der Waals surface area contributed by atoms with Gasteiger partial charge in [0.1, 0.15) is 0 Å². The predicted octanol–water partition coefficient (Wildman–Crippen LogP) is 3.17. The summed E-state index contributed by atoms with van der Waals surface area (Å²) in [4.78, 5) is 30.8. The first-order valence-corrected chi connectivity index (χ1v) is 13.5. The van der Waals surface area contributed by atoms with E-state index in [1.54, 1.807) is 17.0 Å². The van der Waals surface area contributed by atoms with Crippen molar-refractivity contribution >= 4 is 39.2 Å². The largest absolute Gasteiger partial charge is 0.378 e. The number of H-pyrrole nitrogens is 1. The topological polar surface area (TPSA) is 121 Å². The number of fused-ring (bicyclic) bond motifs is 1. The monoisotopic (exact) mass is 520 g/mol. The van der Waals surface area contributed by atoms with E-state index in [1.165, 1.54) is 19.2 Å². The molecule has 2 amide bonds. The smallest absolute Gasteiger partial charge is 0.256 e. The van der Waals surface area contributed by atoms with Crippen LogP contribution in [0, 0.1) is 13.8 Å². The van der Waals surface area contributed by atoms with Gasteiger partial charge in [-0.3, -0.25) is 9.59 Å². The minimum absolute atomic E-state index is 0.00616. The van der Waals surface area contributed by atoms with Crippen molar-refractivity contribution in [3.63, 3.8) is 0 Å². The maximum absolute atomic E-state index is 12.8. The van der Waals surface area contributed by atoms with Crippen LogP contribution in [0.5, 0.6) is 0 Å². The molecular weight excluding hydrogens is 492 g/mol. The molecule has 0 bridgehead atoms. The van der Waals surface area contributed by atoms with Gasteiger partial charge in [0.25, 0.3) is 11.8 Å². The molecule has 192 valence electrons. The maximum atomic E-state index is 12.8. The molecule has 2 aliphatic heterocycles. The Labute approximate surface area is 215 Å². The minimum Gasteiger partial charge on any atom is -0.378 e. The molecule has 1 saturated heterocycles. The average Bonchev–Trinajstić information content (AvgIpc) is 3.37. The molecule has 0 saturated carbocycles. The number of carbonyl (C=O) groups is 2. The lowest BCUT2D eigenvalue weighted by molar-refractivity contribution is -0.110.